The molecule has 0 radical (unpaired) electrons. The largest absolute Gasteiger partial charge is 0.393 e. The van der Waals surface area contributed by atoms with Crippen molar-refractivity contribution >= 4 is 49.0 Å². The maximum atomic E-state index is 14.0. The number of benzene rings is 2. The summed E-state index contributed by atoms with van der Waals surface area (Å²) in [6.07, 6.45) is 1.16. The van der Waals surface area contributed by atoms with Crippen LogP contribution < -0.4 is 21.3 Å². The third kappa shape index (κ3) is 4.55. The quantitative estimate of drug-likeness (QED) is 0.411. The lowest BCUT2D eigenvalue weighted by molar-refractivity contribution is 0.587. The van der Waals surface area contributed by atoms with Gasteiger partial charge in [-0.15, -0.1) is 4.83 Å². The summed E-state index contributed by atoms with van der Waals surface area (Å²) in [6, 6.07) is 10.8. The van der Waals surface area contributed by atoms with Crippen molar-refractivity contribution in [2.24, 2.45) is 0 Å². The molecule has 0 fully saturated rings. The van der Waals surface area contributed by atoms with Gasteiger partial charge < -0.3 is 11.1 Å². The van der Waals surface area contributed by atoms with Crippen molar-refractivity contribution < 1.29 is 12.8 Å². The second kappa shape index (κ2) is 8.09. The molecule has 0 aliphatic heterocycles. The lowest BCUT2D eigenvalue weighted by Crippen LogP contribution is -2.30. The molecule has 3 rings (SSSR count). The normalized spacial score (nSPS) is 11.2. The van der Waals surface area contributed by atoms with Gasteiger partial charge in [-0.1, -0.05) is 33.6 Å². The standard InChI is InChI=1S/C17H16BrFN6O2S/c1-10-2-5-12(6-3-10)28(26,27)25-24-17-15(20)16(21-9-22-17)23-14-7-4-11(18)8-13(14)19/h2-9,25H,20H2,1H3,(H2,21,22,23,24). The Morgan fingerprint density at radius 2 is 1.75 bits per heavy atom. The molecule has 0 bridgehead atoms. The molecule has 0 amide bonds. The van der Waals surface area contributed by atoms with E-state index in [1.807, 2.05) is 6.92 Å². The van der Waals surface area contributed by atoms with E-state index < -0.39 is 15.8 Å². The summed E-state index contributed by atoms with van der Waals surface area (Å²) in [6.45, 7) is 1.85. The van der Waals surface area contributed by atoms with Crippen LogP contribution in [0.15, 0.2) is 58.2 Å². The molecule has 1 aromatic heterocycles. The zero-order chi connectivity index (χ0) is 20.3. The number of rotatable bonds is 6. The summed E-state index contributed by atoms with van der Waals surface area (Å²) in [7, 11) is -3.84. The molecule has 3 aromatic rings. The fraction of sp³-hybridized carbons (Fsp3) is 0.0588. The minimum absolute atomic E-state index is 0.0106. The maximum Gasteiger partial charge on any atom is 0.257 e. The number of hydrogen-bond donors (Lipinski definition) is 4. The van der Waals surface area contributed by atoms with E-state index in [9.17, 15) is 12.8 Å². The number of hydrogen-bond acceptors (Lipinski definition) is 7. The van der Waals surface area contributed by atoms with Crippen molar-refractivity contribution in [2.45, 2.75) is 11.8 Å². The Labute approximate surface area is 169 Å². The fourth-order valence-electron chi connectivity index (χ4n) is 2.21. The molecule has 0 aliphatic carbocycles. The van der Waals surface area contributed by atoms with E-state index in [2.05, 4.69) is 41.5 Å². The minimum Gasteiger partial charge on any atom is -0.393 e. The first-order valence-corrected chi connectivity index (χ1v) is 10.2. The average Bonchev–Trinajstić information content (AvgIpc) is 2.65. The highest BCUT2D eigenvalue weighted by atomic mass is 79.9. The van der Waals surface area contributed by atoms with E-state index in [1.165, 1.54) is 24.3 Å². The predicted molar refractivity (Wildman–Crippen MR) is 109 cm³/mol. The van der Waals surface area contributed by atoms with Crippen molar-refractivity contribution in [3.05, 3.63) is 64.6 Å². The average molecular weight is 467 g/mol. The summed E-state index contributed by atoms with van der Waals surface area (Å²) >= 11 is 3.18. The summed E-state index contributed by atoms with van der Waals surface area (Å²) in [5.41, 5.74) is 9.54. The molecule has 1 heterocycles. The van der Waals surface area contributed by atoms with Crippen LogP contribution in [0.2, 0.25) is 0 Å². The van der Waals surface area contributed by atoms with Gasteiger partial charge in [-0.3, -0.25) is 5.43 Å². The van der Waals surface area contributed by atoms with E-state index >= 15 is 0 Å². The second-order valence-corrected chi connectivity index (χ2v) is 8.38. The van der Waals surface area contributed by atoms with Crippen molar-refractivity contribution in [2.75, 3.05) is 16.5 Å². The zero-order valence-corrected chi connectivity index (χ0v) is 17.0. The predicted octanol–water partition coefficient (Wildman–Crippen LogP) is 3.32. The van der Waals surface area contributed by atoms with Crippen LogP contribution in [0, 0.1) is 12.7 Å². The molecule has 2 aromatic carbocycles. The number of hydrazine groups is 1. The number of aromatic nitrogens is 2. The van der Waals surface area contributed by atoms with Crippen LogP contribution in [0.4, 0.5) is 27.4 Å². The van der Waals surface area contributed by atoms with Gasteiger partial charge >= 0.3 is 0 Å². The first kappa shape index (κ1) is 20.0. The lowest BCUT2D eigenvalue weighted by atomic mass is 10.2. The summed E-state index contributed by atoms with van der Waals surface area (Å²) < 4.78 is 39.3. The number of halogens is 2. The van der Waals surface area contributed by atoms with Gasteiger partial charge in [0.05, 0.1) is 10.6 Å². The topological polar surface area (TPSA) is 122 Å². The first-order chi connectivity index (χ1) is 13.3. The van der Waals surface area contributed by atoms with Crippen LogP contribution in [0.5, 0.6) is 0 Å². The lowest BCUT2D eigenvalue weighted by Gasteiger charge is -2.14. The highest BCUT2D eigenvalue weighted by molar-refractivity contribution is 9.10. The maximum absolute atomic E-state index is 14.0. The van der Waals surface area contributed by atoms with Gasteiger partial charge in [-0.25, -0.2) is 22.8 Å². The van der Waals surface area contributed by atoms with Gasteiger partial charge in [-0.05, 0) is 37.3 Å². The molecule has 0 saturated heterocycles. The van der Waals surface area contributed by atoms with Gasteiger partial charge in [0, 0.05) is 4.47 Å². The molecule has 0 unspecified atom stereocenters. The van der Waals surface area contributed by atoms with E-state index in [0.29, 0.717) is 4.47 Å². The number of nitrogen functional groups attached to an aromatic ring is 1. The monoisotopic (exact) mass is 466 g/mol. The molecule has 0 spiro atoms. The summed E-state index contributed by atoms with van der Waals surface area (Å²) in [4.78, 5) is 10.2. The molecule has 11 heteroatoms. The molecule has 0 aliphatic rings. The Morgan fingerprint density at radius 1 is 1.07 bits per heavy atom. The van der Waals surface area contributed by atoms with Gasteiger partial charge in [0.1, 0.15) is 17.8 Å². The summed E-state index contributed by atoms with van der Waals surface area (Å²) in [5.74, 6) is -0.374. The second-order valence-electron chi connectivity index (χ2n) is 5.78. The van der Waals surface area contributed by atoms with Crippen LogP contribution in [-0.4, -0.2) is 18.4 Å². The number of nitrogens with two attached hydrogens (primary N) is 1. The highest BCUT2D eigenvalue weighted by Crippen LogP contribution is 2.28. The van der Waals surface area contributed by atoms with Crippen molar-refractivity contribution in [3.63, 3.8) is 0 Å². The molecule has 146 valence electrons. The Bertz CT molecular complexity index is 1110. The Hall–Kier alpha value is -2.76. The van der Waals surface area contributed by atoms with E-state index in [0.717, 1.165) is 11.9 Å². The Morgan fingerprint density at radius 3 is 2.43 bits per heavy atom. The number of aryl methyl sites for hydroxylation is 1. The zero-order valence-electron chi connectivity index (χ0n) is 14.6. The summed E-state index contributed by atoms with van der Waals surface area (Å²) in [5, 5.41) is 2.75. The van der Waals surface area contributed by atoms with Gasteiger partial charge in [-0.2, -0.15) is 0 Å². The number of sulfonamides is 1. The first-order valence-electron chi connectivity index (χ1n) is 7.93. The molecule has 5 N–H and O–H groups in total. The number of nitrogens with zero attached hydrogens (tertiary/aromatic N) is 2. The molecular weight excluding hydrogens is 451 g/mol. The number of anilines is 4. The smallest absolute Gasteiger partial charge is 0.257 e. The minimum atomic E-state index is -3.84. The van der Waals surface area contributed by atoms with E-state index in [1.54, 1.807) is 18.2 Å². The Kier molecular flexibility index (Phi) is 5.77. The third-order valence-electron chi connectivity index (χ3n) is 3.70. The van der Waals surface area contributed by atoms with Crippen LogP contribution in [0.1, 0.15) is 5.56 Å². The van der Waals surface area contributed by atoms with Gasteiger partial charge in [0.2, 0.25) is 0 Å². The van der Waals surface area contributed by atoms with Crippen LogP contribution >= 0.6 is 15.9 Å². The van der Waals surface area contributed by atoms with Crippen LogP contribution in [-0.2, 0) is 10.0 Å². The highest BCUT2D eigenvalue weighted by Gasteiger charge is 2.16. The van der Waals surface area contributed by atoms with Gasteiger partial charge in [0.25, 0.3) is 10.0 Å². The van der Waals surface area contributed by atoms with Crippen molar-refractivity contribution in [1.82, 2.24) is 14.8 Å². The fourth-order valence-corrected chi connectivity index (χ4v) is 3.38. The van der Waals surface area contributed by atoms with Crippen molar-refractivity contribution in [3.8, 4) is 0 Å². The SMILES string of the molecule is Cc1ccc(S(=O)(=O)NNc2ncnc(Nc3ccc(Br)cc3F)c2N)cc1. The molecule has 28 heavy (non-hydrogen) atoms. The van der Waals surface area contributed by atoms with Crippen molar-refractivity contribution in [1.29, 1.82) is 0 Å². The van der Waals surface area contributed by atoms with E-state index in [-0.39, 0.29) is 27.9 Å². The van der Waals surface area contributed by atoms with E-state index in [4.69, 9.17) is 5.73 Å². The third-order valence-corrected chi connectivity index (χ3v) is 5.46. The molecule has 8 nitrogen and oxygen atoms in total. The van der Waals surface area contributed by atoms with Crippen LogP contribution in [0.3, 0.4) is 0 Å². The molecular formula is C17H16BrFN6O2S. The number of nitrogens with one attached hydrogen (secondary N) is 3. The molecule has 0 saturated carbocycles. The molecule has 0 atom stereocenters. The van der Waals surface area contributed by atoms with Crippen LogP contribution in [0.25, 0.3) is 0 Å². The van der Waals surface area contributed by atoms with Gasteiger partial charge in [0.15, 0.2) is 11.6 Å². The Balaban J connectivity index is 1.78.